The van der Waals surface area contributed by atoms with Crippen LogP contribution in [-0.2, 0) is 0 Å². The van der Waals surface area contributed by atoms with Crippen LogP contribution in [0.4, 0.5) is 0 Å². The average Bonchev–Trinajstić information content (AvgIpc) is 2.54. The van der Waals surface area contributed by atoms with Gasteiger partial charge in [0.15, 0.2) is 0 Å². The highest BCUT2D eigenvalue weighted by molar-refractivity contribution is 5.18. The number of nitrogens with zero attached hydrogens (tertiary/aromatic N) is 2. The highest BCUT2D eigenvalue weighted by atomic mass is 15.2. The molecular weight excluding hydrogens is 234 g/mol. The summed E-state index contributed by atoms with van der Waals surface area (Å²) in [6.45, 7) is 9.74. The van der Waals surface area contributed by atoms with Crippen LogP contribution in [0.1, 0.15) is 50.4 Å². The van der Waals surface area contributed by atoms with Crippen LogP contribution in [-0.4, -0.2) is 29.5 Å². The second-order valence-electron chi connectivity index (χ2n) is 6.54. The molecule has 0 radical (unpaired) electrons. The summed E-state index contributed by atoms with van der Waals surface area (Å²) in [5.74, 6) is 0. The highest BCUT2D eigenvalue weighted by Gasteiger charge is 2.27. The molecule has 0 bridgehead atoms. The molecule has 1 saturated heterocycles. The lowest BCUT2D eigenvalue weighted by molar-refractivity contribution is 0.199. The van der Waals surface area contributed by atoms with Crippen LogP contribution < -0.4 is 5.73 Å². The molecular formula is C16H27N3. The Morgan fingerprint density at radius 3 is 2.74 bits per heavy atom. The molecule has 1 aromatic heterocycles. The van der Waals surface area contributed by atoms with Crippen molar-refractivity contribution in [2.75, 3.05) is 19.6 Å². The first-order valence-electron chi connectivity index (χ1n) is 7.38. The third kappa shape index (κ3) is 3.77. The van der Waals surface area contributed by atoms with Gasteiger partial charge in [0.2, 0.25) is 0 Å². The van der Waals surface area contributed by atoms with E-state index < -0.39 is 0 Å². The van der Waals surface area contributed by atoms with E-state index in [4.69, 9.17) is 5.73 Å². The molecule has 1 aromatic rings. The standard InChI is InChI=1S/C16H27N3/c1-13-5-6-14(12-18-13)15(11-17)19-9-4-7-16(2,3)8-10-19/h5-6,12,15H,4,7-11,17H2,1-3H3. The number of pyridine rings is 1. The van der Waals surface area contributed by atoms with Gasteiger partial charge in [-0.05, 0) is 56.3 Å². The zero-order chi connectivity index (χ0) is 13.9. The molecule has 1 unspecified atom stereocenters. The number of rotatable bonds is 3. The minimum atomic E-state index is 0.321. The number of likely N-dealkylation sites (tertiary alicyclic amines) is 1. The maximum Gasteiger partial charge on any atom is 0.0485 e. The number of hydrogen-bond donors (Lipinski definition) is 1. The van der Waals surface area contributed by atoms with Crippen molar-refractivity contribution in [2.24, 2.45) is 11.1 Å². The van der Waals surface area contributed by atoms with Gasteiger partial charge in [-0.1, -0.05) is 19.9 Å². The van der Waals surface area contributed by atoms with E-state index in [1.165, 1.54) is 24.8 Å². The summed E-state index contributed by atoms with van der Waals surface area (Å²) in [4.78, 5) is 6.96. The van der Waals surface area contributed by atoms with Gasteiger partial charge in [-0.15, -0.1) is 0 Å². The molecule has 0 amide bonds. The predicted octanol–water partition coefficient (Wildman–Crippen LogP) is 2.90. The predicted molar refractivity (Wildman–Crippen MR) is 80.0 cm³/mol. The Bertz CT molecular complexity index is 397. The summed E-state index contributed by atoms with van der Waals surface area (Å²) in [6.07, 6.45) is 5.82. The molecule has 2 heterocycles. The first-order valence-corrected chi connectivity index (χ1v) is 7.38. The second kappa shape index (κ2) is 6.02. The van der Waals surface area contributed by atoms with E-state index in [1.807, 2.05) is 13.1 Å². The fraction of sp³-hybridized carbons (Fsp3) is 0.688. The van der Waals surface area contributed by atoms with Crippen molar-refractivity contribution in [3.8, 4) is 0 Å². The van der Waals surface area contributed by atoms with E-state index in [0.29, 0.717) is 18.0 Å². The van der Waals surface area contributed by atoms with Crippen molar-refractivity contribution < 1.29 is 0 Å². The maximum atomic E-state index is 6.02. The zero-order valence-corrected chi connectivity index (χ0v) is 12.5. The summed E-state index contributed by atoms with van der Waals surface area (Å²) in [5, 5.41) is 0. The minimum absolute atomic E-state index is 0.321. The highest BCUT2D eigenvalue weighted by Crippen LogP contribution is 2.32. The molecule has 0 aromatic carbocycles. The van der Waals surface area contributed by atoms with Crippen LogP contribution in [0.3, 0.4) is 0 Å². The Balaban J connectivity index is 2.11. The van der Waals surface area contributed by atoms with Gasteiger partial charge >= 0.3 is 0 Å². The molecule has 2 rings (SSSR count). The number of aryl methyl sites for hydroxylation is 1. The number of hydrogen-bond acceptors (Lipinski definition) is 3. The Morgan fingerprint density at radius 1 is 1.32 bits per heavy atom. The summed E-state index contributed by atoms with van der Waals surface area (Å²) in [6, 6.07) is 4.58. The number of aromatic nitrogens is 1. The van der Waals surface area contributed by atoms with E-state index >= 15 is 0 Å². The van der Waals surface area contributed by atoms with Crippen LogP contribution in [0.5, 0.6) is 0 Å². The van der Waals surface area contributed by atoms with Crippen molar-refractivity contribution in [2.45, 2.75) is 46.1 Å². The van der Waals surface area contributed by atoms with E-state index in [-0.39, 0.29) is 0 Å². The van der Waals surface area contributed by atoms with Gasteiger partial charge in [0.1, 0.15) is 0 Å². The lowest BCUT2D eigenvalue weighted by Crippen LogP contribution is -2.35. The third-order valence-electron chi connectivity index (χ3n) is 4.36. The van der Waals surface area contributed by atoms with E-state index in [9.17, 15) is 0 Å². The monoisotopic (exact) mass is 261 g/mol. The van der Waals surface area contributed by atoms with Gasteiger partial charge in [-0.25, -0.2) is 0 Å². The molecule has 0 saturated carbocycles. The summed E-state index contributed by atoms with van der Waals surface area (Å²) in [5.41, 5.74) is 8.82. The van der Waals surface area contributed by atoms with Crippen molar-refractivity contribution in [3.63, 3.8) is 0 Å². The lowest BCUT2D eigenvalue weighted by atomic mass is 9.85. The zero-order valence-electron chi connectivity index (χ0n) is 12.5. The molecule has 106 valence electrons. The maximum absolute atomic E-state index is 6.02. The van der Waals surface area contributed by atoms with Gasteiger partial charge in [-0.2, -0.15) is 0 Å². The molecule has 1 aliphatic rings. The van der Waals surface area contributed by atoms with Gasteiger partial charge in [0, 0.05) is 24.5 Å². The fourth-order valence-corrected chi connectivity index (χ4v) is 2.93. The molecule has 3 nitrogen and oxygen atoms in total. The minimum Gasteiger partial charge on any atom is -0.329 e. The Labute approximate surface area is 117 Å². The topological polar surface area (TPSA) is 42.1 Å². The summed E-state index contributed by atoms with van der Waals surface area (Å²) in [7, 11) is 0. The Kier molecular flexibility index (Phi) is 4.58. The SMILES string of the molecule is Cc1ccc(C(CN)N2CCCC(C)(C)CC2)cn1. The smallest absolute Gasteiger partial charge is 0.0485 e. The van der Waals surface area contributed by atoms with E-state index in [2.05, 4.69) is 35.9 Å². The van der Waals surface area contributed by atoms with Crippen LogP contribution in [0.15, 0.2) is 18.3 Å². The largest absolute Gasteiger partial charge is 0.329 e. The van der Waals surface area contributed by atoms with Crippen LogP contribution >= 0.6 is 0 Å². The van der Waals surface area contributed by atoms with Gasteiger partial charge in [0.05, 0.1) is 0 Å². The van der Waals surface area contributed by atoms with Crippen molar-refractivity contribution in [3.05, 3.63) is 29.6 Å². The van der Waals surface area contributed by atoms with Crippen LogP contribution in [0, 0.1) is 12.3 Å². The Hall–Kier alpha value is -0.930. The first-order chi connectivity index (χ1) is 9.02. The van der Waals surface area contributed by atoms with Crippen LogP contribution in [0.2, 0.25) is 0 Å². The molecule has 19 heavy (non-hydrogen) atoms. The van der Waals surface area contributed by atoms with Crippen molar-refractivity contribution in [1.82, 2.24) is 9.88 Å². The van der Waals surface area contributed by atoms with Gasteiger partial charge < -0.3 is 5.73 Å². The number of nitrogens with two attached hydrogens (primary N) is 1. The average molecular weight is 261 g/mol. The molecule has 3 heteroatoms. The molecule has 1 atom stereocenters. The second-order valence-corrected chi connectivity index (χ2v) is 6.54. The van der Waals surface area contributed by atoms with Crippen molar-refractivity contribution >= 4 is 0 Å². The normalized spacial score (nSPS) is 21.9. The lowest BCUT2D eigenvalue weighted by Gasteiger charge is -2.30. The van der Waals surface area contributed by atoms with Crippen molar-refractivity contribution in [1.29, 1.82) is 0 Å². The fourth-order valence-electron chi connectivity index (χ4n) is 2.93. The first kappa shape index (κ1) is 14.5. The third-order valence-corrected chi connectivity index (χ3v) is 4.36. The molecule has 0 spiro atoms. The van der Waals surface area contributed by atoms with Gasteiger partial charge in [0.25, 0.3) is 0 Å². The Morgan fingerprint density at radius 2 is 2.11 bits per heavy atom. The van der Waals surface area contributed by atoms with Crippen LogP contribution in [0.25, 0.3) is 0 Å². The summed E-state index contributed by atoms with van der Waals surface area (Å²) >= 11 is 0. The van der Waals surface area contributed by atoms with Gasteiger partial charge in [-0.3, -0.25) is 9.88 Å². The molecule has 2 N–H and O–H groups in total. The van der Waals surface area contributed by atoms with E-state index in [1.54, 1.807) is 0 Å². The molecule has 1 aliphatic heterocycles. The summed E-state index contributed by atoms with van der Waals surface area (Å²) < 4.78 is 0. The van der Waals surface area contributed by atoms with E-state index in [0.717, 1.165) is 18.8 Å². The molecule has 0 aliphatic carbocycles. The molecule has 1 fully saturated rings. The quantitative estimate of drug-likeness (QED) is 0.909.